The zero-order chi connectivity index (χ0) is 11.7. The molecule has 3 nitrogen and oxygen atoms in total. The average Bonchev–Trinajstić information content (AvgIpc) is 2.63. The third-order valence-corrected chi connectivity index (χ3v) is 3.71. The first-order valence-electron chi connectivity index (χ1n) is 5.56. The summed E-state index contributed by atoms with van der Waals surface area (Å²) in [6.07, 6.45) is 3.25. The summed E-state index contributed by atoms with van der Waals surface area (Å²) in [6, 6.07) is 2.52. The quantitative estimate of drug-likeness (QED) is 0.835. The SMILES string of the molecule is Cc1cnc(N(C)C2CCOC2C)c(Br)c1. The molecule has 1 saturated heterocycles. The third kappa shape index (κ3) is 2.23. The first kappa shape index (κ1) is 11.9. The van der Waals surface area contributed by atoms with Crippen LogP contribution in [-0.2, 0) is 4.74 Å². The summed E-state index contributed by atoms with van der Waals surface area (Å²) in [5, 5.41) is 0. The second kappa shape index (κ2) is 4.72. The Bertz CT molecular complexity index is 383. The number of rotatable bonds is 2. The van der Waals surface area contributed by atoms with E-state index >= 15 is 0 Å². The monoisotopic (exact) mass is 284 g/mol. The van der Waals surface area contributed by atoms with Gasteiger partial charge in [0.05, 0.1) is 16.6 Å². The van der Waals surface area contributed by atoms with Gasteiger partial charge in [-0.3, -0.25) is 0 Å². The highest BCUT2D eigenvalue weighted by molar-refractivity contribution is 9.10. The third-order valence-electron chi connectivity index (χ3n) is 3.13. The van der Waals surface area contributed by atoms with Crippen molar-refractivity contribution in [2.75, 3.05) is 18.6 Å². The molecule has 4 heteroatoms. The second-order valence-corrected chi connectivity index (χ2v) is 5.22. The standard InChI is InChI=1S/C12H17BrN2O/c1-8-6-10(13)12(14-7-8)15(3)11-4-5-16-9(11)2/h6-7,9,11H,4-5H2,1-3H3. The maximum Gasteiger partial charge on any atom is 0.142 e. The minimum atomic E-state index is 0.278. The van der Waals surface area contributed by atoms with Crippen molar-refractivity contribution in [2.24, 2.45) is 0 Å². The normalized spacial score (nSPS) is 24.8. The lowest BCUT2D eigenvalue weighted by atomic mass is 10.1. The van der Waals surface area contributed by atoms with Gasteiger partial charge in [0.25, 0.3) is 0 Å². The molecule has 2 rings (SSSR count). The van der Waals surface area contributed by atoms with E-state index in [0.717, 1.165) is 23.3 Å². The van der Waals surface area contributed by atoms with E-state index in [-0.39, 0.29) is 6.10 Å². The van der Waals surface area contributed by atoms with Crippen LogP contribution in [0.3, 0.4) is 0 Å². The Morgan fingerprint density at radius 1 is 1.56 bits per heavy atom. The molecule has 0 amide bonds. The van der Waals surface area contributed by atoms with Gasteiger partial charge in [-0.25, -0.2) is 4.98 Å². The summed E-state index contributed by atoms with van der Waals surface area (Å²) >= 11 is 3.57. The van der Waals surface area contributed by atoms with Gasteiger partial charge in [0, 0.05) is 19.9 Å². The summed E-state index contributed by atoms with van der Waals surface area (Å²) in [5.74, 6) is 0.993. The summed E-state index contributed by atoms with van der Waals surface area (Å²) in [7, 11) is 2.08. The van der Waals surface area contributed by atoms with Crippen molar-refractivity contribution < 1.29 is 4.74 Å². The van der Waals surface area contributed by atoms with Crippen LogP contribution in [0.5, 0.6) is 0 Å². The summed E-state index contributed by atoms with van der Waals surface area (Å²) in [5.41, 5.74) is 1.17. The van der Waals surface area contributed by atoms with Gasteiger partial charge in [0.15, 0.2) is 0 Å². The maximum atomic E-state index is 5.59. The molecule has 0 saturated carbocycles. The molecule has 2 heterocycles. The fourth-order valence-electron chi connectivity index (χ4n) is 2.17. The van der Waals surface area contributed by atoms with Crippen LogP contribution in [0.15, 0.2) is 16.7 Å². The molecule has 0 aromatic carbocycles. The Morgan fingerprint density at radius 2 is 2.31 bits per heavy atom. The van der Waals surface area contributed by atoms with Crippen LogP contribution in [-0.4, -0.2) is 30.8 Å². The molecule has 0 aliphatic carbocycles. The number of ether oxygens (including phenoxy) is 1. The molecule has 0 spiro atoms. The highest BCUT2D eigenvalue weighted by atomic mass is 79.9. The van der Waals surface area contributed by atoms with Gasteiger partial charge in [-0.15, -0.1) is 0 Å². The zero-order valence-corrected chi connectivity index (χ0v) is 11.5. The topological polar surface area (TPSA) is 25.4 Å². The first-order valence-corrected chi connectivity index (χ1v) is 6.35. The number of hydrogen-bond acceptors (Lipinski definition) is 3. The molecule has 88 valence electrons. The van der Waals surface area contributed by atoms with Crippen LogP contribution < -0.4 is 4.90 Å². The molecule has 1 aliphatic rings. The van der Waals surface area contributed by atoms with Gasteiger partial charge >= 0.3 is 0 Å². The minimum Gasteiger partial charge on any atom is -0.376 e. The molecule has 1 aromatic rings. The van der Waals surface area contributed by atoms with Crippen LogP contribution in [0, 0.1) is 6.92 Å². The largest absolute Gasteiger partial charge is 0.376 e. The maximum absolute atomic E-state index is 5.59. The number of aryl methyl sites for hydroxylation is 1. The Hall–Kier alpha value is -0.610. The van der Waals surface area contributed by atoms with Gasteiger partial charge in [-0.1, -0.05) is 0 Å². The molecule has 16 heavy (non-hydrogen) atoms. The van der Waals surface area contributed by atoms with E-state index in [2.05, 4.69) is 45.9 Å². The van der Waals surface area contributed by atoms with Crippen molar-refractivity contribution in [1.29, 1.82) is 0 Å². The number of hydrogen-bond donors (Lipinski definition) is 0. The Balaban J connectivity index is 2.23. The van der Waals surface area contributed by atoms with Gasteiger partial charge in [-0.2, -0.15) is 0 Å². The van der Waals surface area contributed by atoms with Gasteiger partial charge in [0.1, 0.15) is 5.82 Å². The van der Waals surface area contributed by atoms with Crippen molar-refractivity contribution in [1.82, 2.24) is 4.98 Å². The second-order valence-electron chi connectivity index (χ2n) is 4.36. The van der Waals surface area contributed by atoms with Crippen molar-refractivity contribution in [3.63, 3.8) is 0 Å². The van der Waals surface area contributed by atoms with E-state index in [9.17, 15) is 0 Å². The number of anilines is 1. The van der Waals surface area contributed by atoms with Crippen molar-refractivity contribution in [3.8, 4) is 0 Å². The Kier molecular flexibility index (Phi) is 3.50. The zero-order valence-electron chi connectivity index (χ0n) is 9.90. The lowest BCUT2D eigenvalue weighted by Gasteiger charge is -2.28. The van der Waals surface area contributed by atoms with E-state index in [4.69, 9.17) is 4.74 Å². The van der Waals surface area contributed by atoms with Crippen LogP contribution in [0.4, 0.5) is 5.82 Å². The molecule has 0 bridgehead atoms. The van der Waals surface area contributed by atoms with E-state index < -0.39 is 0 Å². The van der Waals surface area contributed by atoms with Crippen LogP contribution in [0.25, 0.3) is 0 Å². The summed E-state index contributed by atoms with van der Waals surface area (Å²) in [4.78, 5) is 6.69. The molecule has 0 radical (unpaired) electrons. The van der Waals surface area contributed by atoms with E-state index in [1.807, 2.05) is 13.1 Å². The molecule has 1 aromatic heterocycles. The molecule has 1 fully saturated rings. The van der Waals surface area contributed by atoms with Crippen molar-refractivity contribution in [2.45, 2.75) is 32.4 Å². The number of likely N-dealkylation sites (N-methyl/N-ethyl adjacent to an activating group) is 1. The molecule has 2 unspecified atom stereocenters. The van der Waals surface area contributed by atoms with E-state index in [0.29, 0.717) is 6.04 Å². The Morgan fingerprint density at radius 3 is 2.88 bits per heavy atom. The molecular formula is C12H17BrN2O. The van der Waals surface area contributed by atoms with Crippen molar-refractivity contribution >= 4 is 21.7 Å². The minimum absolute atomic E-state index is 0.278. The Labute approximate surface area is 105 Å². The van der Waals surface area contributed by atoms with E-state index in [1.165, 1.54) is 5.56 Å². The fourth-order valence-corrected chi connectivity index (χ4v) is 2.92. The molecular weight excluding hydrogens is 268 g/mol. The number of halogens is 1. The average molecular weight is 285 g/mol. The highest BCUT2D eigenvalue weighted by Crippen LogP contribution is 2.28. The van der Waals surface area contributed by atoms with Crippen LogP contribution in [0.2, 0.25) is 0 Å². The fraction of sp³-hybridized carbons (Fsp3) is 0.583. The predicted octanol–water partition coefficient (Wildman–Crippen LogP) is 2.77. The van der Waals surface area contributed by atoms with E-state index in [1.54, 1.807) is 0 Å². The van der Waals surface area contributed by atoms with Gasteiger partial charge in [0.2, 0.25) is 0 Å². The van der Waals surface area contributed by atoms with Crippen molar-refractivity contribution in [3.05, 3.63) is 22.3 Å². The first-order chi connectivity index (χ1) is 7.59. The molecule has 2 atom stereocenters. The summed E-state index contributed by atoms with van der Waals surface area (Å²) < 4.78 is 6.64. The number of aromatic nitrogens is 1. The summed E-state index contributed by atoms with van der Waals surface area (Å²) in [6.45, 7) is 5.01. The molecule has 0 N–H and O–H groups in total. The van der Waals surface area contributed by atoms with Crippen LogP contribution >= 0.6 is 15.9 Å². The molecule has 1 aliphatic heterocycles. The highest BCUT2D eigenvalue weighted by Gasteiger charge is 2.29. The van der Waals surface area contributed by atoms with Gasteiger partial charge in [-0.05, 0) is 47.8 Å². The lowest BCUT2D eigenvalue weighted by molar-refractivity contribution is 0.118. The van der Waals surface area contributed by atoms with Crippen LogP contribution in [0.1, 0.15) is 18.9 Å². The number of pyridine rings is 1. The van der Waals surface area contributed by atoms with Gasteiger partial charge < -0.3 is 9.64 Å². The predicted molar refractivity (Wildman–Crippen MR) is 68.9 cm³/mol. The lowest BCUT2D eigenvalue weighted by Crippen LogP contribution is -2.37. The smallest absolute Gasteiger partial charge is 0.142 e. The number of nitrogens with zero attached hydrogens (tertiary/aromatic N) is 2.